The molecule has 2 rings (SSSR count). The Kier molecular flexibility index (Phi) is 6.35. The number of benzene rings is 1. The van der Waals surface area contributed by atoms with Crippen molar-refractivity contribution in [3.63, 3.8) is 0 Å². The molecule has 0 bridgehead atoms. The lowest BCUT2D eigenvalue weighted by Gasteiger charge is -2.35. The summed E-state index contributed by atoms with van der Waals surface area (Å²) in [6, 6.07) is 8.19. The summed E-state index contributed by atoms with van der Waals surface area (Å²) in [5.41, 5.74) is 1.29. The van der Waals surface area contributed by atoms with Crippen LogP contribution in [0.4, 0.5) is 5.69 Å². The van der Waals surface area contributed by atoms with Crippen LogP contribution in [0.1, 0.15) is 19.8 Å². The fourth-order valence-corrected chi connectivity index (χ4v) is 3.49. The minimum absolute atomic E-state index is 0.815. The Morgan fingerprint density at radius 3 is 2.42 bits per heavy atom. The normalized spacial score (nSPS) is 16.8. The number of nitrogens with zero attached hydrogens (tertiary/aromatic N) is 2. The van der Waals surface area contributed by atoms with Gasteiger partial charge in [-0.25, -0.2) is 0 Å². The van der Waals surface area contributed by atoms with Gasteiger partial charge in [0.1, 0.15) is 0 Å². The molecule has 1 aliphatic heterocycles. The second kappa shape index (κ2) is 8.03. The van der Waals surface area contributed by atoms with Gasteiger partial charge < -0.3 is 4.90 Å². The third-order valence-electron chi connectivity index (χ3n) is 3.48. The highest BCUT2D eigenvalue weighted by molar-refractivity contribution is 7.99. The van der Waals surface area contributed by atoms with E-state index >= 15 is 0 Å². The van der Waals surface area contributed by atoms with E-state index in [1.807, 2.05) is 12.1 Å². The van der Waals surface area contributed by atoms with Gasteiger partial charge in [0.15, 0.2) is 0 Å². The molecule has 19 heavy (non-hydrogen) atoms. The molecule has 0 saturated carbocycles. The maximum Gasteiger partial charge on any atom is 0.0445 e. The molecule has 2 nitrogen and oxygen atoms in total. The summed E-state index contributed by atoms with van der Waals surface area (Å²) in [5, 5.41) is 0.815. The largest absolute Gasteiger partial charge is 0.369 e. The van der Waals surface area contributed by atoms with E-state index in [0.717, 1.165) is 18.1 Å². The number of hydrogen-bond acceptors (Lipinski definition) is 3. The summed E-state index contributed by atoms with van der Waals surface area (Å²) in [7, 11) is 0. The van der Waals surface area contributed by atoms with Crippen molar-refractivity contribution in [1.29, 1.82) is 0 Å². The molecule has 1 saturated heterocycles. The number of hydrogen-bond donors (Lipinski definition) is 0. The highest BCUT2D eigenvalue weighted by atomic mass is 35.5. The fourth-order valence-electron chi connectivity index (χ4n) is 2.23. The maximum absolute atomic E-state index is 5.93. The van der Waals surface area contributed by atoms with Gasteiger partial charge >= 0.3 is 0 Å². The quantitative estimate of drug-likeness (QED) is 0.734. The van der Waals surface area contributed by atoms with Crippen molar-refractivity contribution in [3.05, 3.63) is 29.3 Å². The number of piperazine rings is 1. The number of thioether (sulfide) groups is 1. The van der Waals surface area contributed by atoms with Crippen molar-refractivity contribution in [3.8, 4) is 0 Å². The second-order valence-electron chi connectivity index (χ2n) is 4.97. The van der Waals surface area contributed by atoms with Gasteiger partial charge in [-0.05, 0) is 36.4 Å². The molecule has 0 spiro atoms. The molecule has 1 aromatic rings. The zero-order valence-corrected chi connectivity index (χ0v) is 13.2. The van der Waals surface area contributed by atoms with Crippen LogP contribution in [0.15, 0.2) is 24.3 Å². The molecule has 0 radical (unpaired) electrons. The van der Waals surface area contributed by atoms with E-state index in [-0.39, 0.29) is 0 Å². The third kappa shape index (κ3) is 4.90. The van der Waals surface area contributed by atoms with E-state index < -0.39 is 0 Å². The first-order valence-corrected chi connectivity index (χ1v) is 8.63. The van der Waals surface area contributed by atoms with Crippen molar-refractivity contribution >= 4 is 29.1 Å². The van der Waals surface area contributed by atoms with E-state index in [2.05, 4.69) is 40.6 Å². The SMILES string of the molecule is CCCCSCN1CCN(c2ccc(Cl)cc2)CC1. The molecule has 1 aliphatic rings. The van der Waals surface area contributed by atoms with Crippen LogP contribution in [0.3, 0.4) is 0 Å². The maximum atomic E-state index is 5.93. The van der Waals surface area contributed by atoms with Gasteiger partial charge in [0.05, 0.1) is 0 Å². The van der Waals surface area contributed by atoms with Crippen LogP contribution in [0.5, 0.6) is 0 Å². The number of anilines is 1. The summed E-state index contributed by atoms with van der Waals surface area (Å²) in [6.45, 7) is 6.83. The zero-order valence-electron chi connectivity index (χ0n) is 11.6. The van der Waals surface area contributed by atoms with Crippen LogP contribution in [-0.2, 0) is 0 Å². The molecule has 0 atom stereocenters. The molecule has 106 valence electrons. The van der Waals surface area contributed by atoms with Crippen molar-refractivity contribution in [2.75, 3.05) is 42.7 Å². The predicted octanol–water partition coefficient (Wildman–Crippen LogP) is 3.95. The van der Waals surface area contributed by atoms with Gasteiger partial charge in [-0.1, -0.05) is 24.9 Å². The fraction of sp³-hybridized carbons (Fsp3) is 0.600. The Morgan fingerprint density at radius 1 is 1.11 bits per heavy atom. The molecule has 1 fully saturated rings. The van der Waals surface area contributed by atoms with Gasteiger partial charge in [0.2, 0.25) is 0 Å². The van der Waals surface area contributed by atoms with E-state index in [9.17, 15) is 0 Å². The molecule has 0 aliphatic carbocycles. The van der Waals surface area contributed by atoms with E-state index in [4.69, 9.17) is 11.6 Å². The third-order valence-corrected chi connectivity index (χ3v) is 4.86. The van der Waals surface area contributed by atoms with Gasteiger partial charge in [-0.15, -0.1) is 11.8 Å². The van der Waals surface area contributed by atoms with Crippen molar-refractivity contribution < 1.29 is 0 Å². The van der Waals surface area contributed by atoms with E-state index in [0.29, 0.717) is 0 Å². The highest BCUT2D eigenvalue weighted by Crippen LogP contribution is 2.20. The summed E-state index contributed by atoms with van der Waals surface area (Å²) < 4.78 is 0. The monoisotopic (exact) mass is 298 g/mol. The average Bonchev–Trinajstić information content (AvgIpc) is 2.45. The first-order valence-electron chi connectivity index (χ1n) is 7.10. The molecule has 4 heteroatoms. The van der Waals surface area contributed by atoms with Crippen LogP contribution < -0.4 is 4.90 Å². The first kappa shape index (κ1) is 15.0. The predicted molar refractivity (Wildman–Crippen MR) is 87.5 cm³/mol. The number of rotatable bonds is 6. The van der Waals surface area contributed by atoms with Crippen LogP contribution in [-0.4, -0.2) is 42.7 Å². The molecule has 1 heterocycles. The van der Waals surface area contributed by atoms with E-state index in [1.54, 1.807) is 0 Å². The average molecular weight is 299 g/mol. The topological polar surface area (TPSA) is 6.48 Å². The summed E-state index contributed by atoms with van der Waals surface area (Å²) in [6.07, 6.45) is 2.65. The highest BCUT2D eigenvalue weighted by Gasteiger charge is 2.16. The Bertz CT molecular complexity index is 361. The Labute approximate surface area is 126 Å². The van der Waals surface area contributed by atoms with Crippen LogP contribution >= 0.6 is 23.4 Å². The molecular weight excluding hydrogens is 276 g/mol. The smallest absolute Gasteiger partial charge is 0.0445 e. The Balaban J connectivity index is 1.71. The van der Waals surface area contributed by atoms with E-state index in [1.165, 1.54) is 43.2 Å². The summed E-state index contributed by atoms with van der Waals surface area (Å²) in [4.78, 5) is 5.01. The Hall–Kier alpha value is -0.380. The lowest BCUT2D eigenvalue weighted by atomic mass is 10.2. The molecule has 0 amide bonds. The zero-order chi connectivity index (χ0) is 13.5. The minimum atomic E-state index is 0.815. The van der Waals surface area contributed by atoms with Crippen molar-refractivity contribution in [2.45, 2.75) is 19.8 Å². The molecular formula is C15H23ClN2S. The summed E-state index contributed by atoms with van der Waals surface area (Å²) >= 11 is 8.00. The molecule has 0 N–H and O–H groups in total. The van der Waals surface area contributed by atoms with Crippen LogP contribution in [0, 0.1) is 0 Å². The van der Waals surface area contributed by atoms with Crippen LogP contribution in [0.2, 0.25) is 5.02 Å². The van der Waals surface area contributed by atoms with Crippen molar-refractivity contribution in [2.24, 2.45) is 0 Å². The van der Waals surface area contributed by atoms with Gasteiger partial charge in [-0.2, -0.15) is 0 Å². The molecule has 0 unspecified atom stereocenters. The lowest BCUT2D eigenvalue weighted by molar-refractivity contribution is 0.301. The standard InChI is InChI=1S/C15H23ClN2S/c1-2-3-12-19-13-17-8-10-18(11-9-17)15-6-4-14(16)5-7-15/h4-7H,2-3,8-13H2,1H3. The van der Waals surface area contributed by atoms with Gasteiger partial charge in [-0.3, -0.25) is 4.90 Å². The van der Waals surface area contributed by atoms with Crippen LogP contribution in [0.25, 0.3) is 0 Å². The van der Waals surface area contributed by atoms with Crippen molar-refractivity contribution in [1.82, 2.24) is 4.90 Å². The first-order chi connectivity index (χ1) is 9.29. The molecule has 0 aromatic heterocycles. The van der Waals surface area contributed by atoms with Gasteiger partial charge in [0, 0.05) is 42.8 Å². The summed E-state index contributed by atoms with van der Waals surface area (Å²) in [5.74, 6) is 2.49. The Morgan fingerprint density at radius 2 is 1.79 bits per heavy atom. The second-order valence-corrected chi connectivity index (χ2v) is 6.48. The number of halogens is 1. The number of unbranched alkanes of at least 4 members (excludes halogenated alkanes) is 1. The van der Waals surface area contributed by atoms with Gasteiger partial charge in [0.25, 0.3) is 0 Å². The lowest BCUT2D eigenvalue weighted by Crippen LogP contribution is -2.46. The molecule has 1 aromatic carbocycles. The minimum Gasteiger partial charge on any atom is -0.369 e.